The molecule has 0 aliphatic carbocycles. The number of hydrogen-bond donors (Lipinski definition) is 2. The zero-order valence-corrected chi connectivity index (χ0v) is 15.2. The number of furan rings is 1. The summed E-state index contributed by atoms with van der Waals surface area (Å²) in [5.74, 6) is 0.633. The van der Waals surface area contributed by atoms with Crippen LogP contribution in [0.5, 0.6) is 5.75 Å². The molecule has 7 nitrogen and oxygen atoms in total. The molecule has 0 radical (unpaired) electrons. The molecular formula is C17H18BrN3O4. The zero-order chi connectivity index (χ0) is 18.1. The Labute approximate surface area is 153 Å². The molecule has 0 aliphatic rings. The molecule has 0 saturated carbocycles. The predicted molar refractivity (Wildman–Crippen MR) is 96.1 cm³/mol. The molecular weight excluding hydrogens is 390 g/mol. The van der Waals surface area contributed by atoms with E-state index in [0.717, 1.165) is 4.47 Å². The molecule has 0 saturated heterocycles. The Morgan fingerprint density at radius 1 is 1.20 bits per heavy atom. The molecule has 0 spiro atoms. The summed E-state index contributed by atoms with van der Waals surface area (Å²) in [5.41, 5.74) is 2.84. The molecule has 2 aromatic rings. The third-order valence-electron chi connectivity index (χ3n) is 3.01. The van der Waals surface area contributed by atoms with Crippen LogP contribution in [0.3, 0.4) is 0 Å². The summed E-state index contributed by atoms with van der Waals surface area (Å²) in [6.45, 7) is 1.80. The van der Waals surface area contributed by atoms with Crippen LogP contribution < -0.4 is 15.5 Å². The summed E-state index contributed by atoms with van der Waals surface area (Å²) in [7, 11) is 0. The second-order valence-electron chi connectivity index (χ2n) is 5.16. The summed E-state index contributed by atoms with van der Waals surface area (Å²) >= 11 is 3.32. The number of hydrogen-bond acceptors (Lipinski definition) is 5. The van der Waals surface area contributed by atoms with Crippen molar-refractivity contribution < 1.29 is 18.7 Å². The largest absolute Gasteiger partial charge is 0.484 e. The van der Waals surface area contributed by atoms with Crippen molar-refractivity contribution in [2.45, 2.75) is 19.9 Å². The van der Waals surface area contributed by atoms with E-state index in [4.69, 9.17) is 9.15 Å². The van der Waals surface area contributed by atoms with E-state index in [1.54, 1.807) is 37.5 Å². The third-order valence-corrected chi connectivity index (χ3v) is 3.54. The van der Waals surface area contributed by atoms with E-state index in [9.17, 15) is 9.59 Å². The van der Waals surface area contributed by atoms with E-state index < -0.39 is 5.91 Å². The van der Waals surface area contributed by atoms with Gasteiger partial charge in [-0.15, -0.1) is 0 Å². The second-order valence-corrected chi connectivity index (χ2v) is 6.07. The van der Waals surface area contributed by atoms with E-state index in [1.807, 2.05) is 12.1 Å². The number of halogens is 1. The van der Waals surface area contributed by atoms with Crippen molar-refractivity contribution in [3.63, 3.8) is 0 Å². The van der Waals surface area contributed by atoms with Gasteiger partial charge in [-0.05, 0) is 43.3 Å². The van der Waals surface area contributed by atoms with Gasteiger partial charge in [0.05, 0.1) is 19.2 Å². The van der Waals surface area contributed by atoms with Crippen molar-refractivity contribution in [2.24, 2.45) is 5.10 Å². The number of benzene rings is 1. The van der Waals surface area contributed by atoms with Crippen LogP contribution in [0.1, 0.15) is 19.1 Å². The minimum Gasteiger partial charge on any atom is -0.484 e. The lowest BCUT2D eigenvalue weighted by molar-refractivity contribution is -0.123. The number of carbonyl (C=O) groups excluding carboxylic acids is 2. The van der Waals surface area contributed by atoms with E-state index in [2.05, 4.69) is 31.8 Å². The van der Waals surface area contributed by atoms with Crippen LogP contribution in [-0.2, 0) is 16.1 Å². The third kappa shape index (κ3) is 7.21. The smallest absolute Gasteiger partial charge is 0.277 e. The standard InChI is InChI=1S/C17H18BrN3O4/c1-12(9-16(22)19-10-15-3-2-8-24-15)20-21-17(23)11-25-14-6-4-13(18)5-7-14/h2-8H,9-11H2,1H3,(H,19,22)(H,21,23). The highest BCUT2D eigenvalue weighted by Gasteiger charge is 2.06. The predicted octanol–water partition coefficient (Wildman–Crippen LogP) is 2.62. The molecule has 132 valence electrons. The maximum Gasteiger partial charge on any atom is 0.277 e. The van der Waals surface area contributed by atoms with E-state index in [0.29, 0.717) is 23.8 Å². The van der Waals surface area contributed by atoms with Gasteiger partial charge in [-0.1, -0.05) is 15.9 Å². The fourth-order valence-electron chi connectivity index (χ4n) is 1.80. The Morgan fingerprint density at radius 2 is 1.96 bits per heavy atom. The van der Waals surface area contributed by atoms with Crippen LogP contribution in [0, 0.1) is 0 Å². The normalized spacial score (nSPS) is 11.0. The summed E-state index contributed by atoms with van der Waals surface area (Å²) in [6.07, 6.45) is 1.62. The van der Waals surface area contributed by atoms with Gasteiger partial charge >= 0.3 is 0 Å². The molecule has 1 aromatic carbocycles. The average molecular weight is 408 g/mol. The number of nitrogens with zero attached hydrogens (tertiary/aromatic N) is 1. The molecule has 0 fully saturated rings. The summed E-state index contributed by atoms with van der Waals surface area (Å²) < 4.78 is 11.4. The molecule has 1 heterocycles. The highest BCUT2D eigenvalue weighted by Crippen LogP contribution is 2.15. The molecule has 25 heavy (non-hydrogen) atoms. The number of nitrogens with one attached hydrogen (secondary N) is 2. The Kier molecular flexibility index (Phi) is 7.21. The van der Waals surface area contributed by atoms with Crippen molar-refractivity contribution in [3.8, 4) is 5.75 Å². The Bertz CT molecular complexity index is 727. The van der Waals surface area contributed by atoms with Crippen molar-refractivity contribution in [1.29, 1.82) is 0 Å². The van der Waals surface area contributed by atoms with Crippen molar-refractivity contribution in [1.82, 2.24) is 10.7 Å². The number of amides is 2. The molecule has 0 atom stereocenters. The first-order chi connectivity index (χ1) is 12.0. The van der Waals surface area contributed by atoms with Crippen LogP contribution >= 0.6 is 15.9 Å². The van der Waals surface area contributed by atoms with Crippen LogP contribution in [0.2, 0.25) is 0 Å². The number of carbonyl (C=O) groups is 2. The topological polar surface area (TPSA) is 92.9 Å². The number of ether oxygens (including phenoxy) is 1. The van der Waals surface area contributed by atoms with Crippen molar-refractivity contribution >= 4 is 33.5 Å². The maximum absolute atomic E-state index is 11.8. The Hall–Kier alpha value is -2.61. The van der Waals surface area contributed by atoms with Gasteiger partial charge < -0.3 is 14.5 Å². The molecule has 0 unspecified atom stereocenters. The average Bonchev–Trinajstić information content (AvgIpc) is 3.11. The fourth-order valence-corrected chi connectivity index (χ4v) is 2.07. The maximum atomic E-state index is 11.8. The van der Waals surface area contributed by atoms with Gasteiger partial charge in [0, 0.05) is 10.2 Å². The minimum absolute atomic E-state index is 0.0779. The summed E-state index contributed by atoms with van der Waals surface area (Å²) in [5, 5.41) is 6.58. The van der Waals surface area contributed by atoms with Crippen LogP contribution in [0.15, 0.2) is 56.7 Å². The van der Waals surface area contributed by atoms with Gasteiger partial charge in [0.25, 0.3) is 5.91 Å². The Balaban J connectivity index is 1.67. The monoisotopic (exact) mass is 407 g/mol. The summed E-state index contributed by atoms with van der Waals surface area (Å²) in [6, 6.07) is 10.6. The second kappa shape index (κ2) is 9.63. The Morgan fingerprint density at radius 3 is 2.64 bits per heavy atom. The lowest BCUT2D eigenvalue weighted by atomic mass is 10.3. The van der Waals surface area contributed by atoms with Gasteiger partial charge in [0.2, 0.25) is 5.91 Å². The molecule has 1 aromatic heterocycles. The SMILES string of the molecule is CC(CC(=O)NCc1ccco1)=NNC(=O)COc1ccc(Br)cc1. The van der Waals surface area contributed by atoms with Crippen molar-refractivity contribution in [2.75, 3.05) is 6.61 Å². The molecule has 8 heteroatoms. The zero-order valence-electron chi connectivity index (χ0n) is 13.6. The molecule has 2 N–H and O–H groups in total. The van der Waals surface area contributed by atoms with Gasteiger partial charge in [-0.25, -0.2) is 5.43 Å². The van der Waals surface area contributed by atoms with Gasteiger partial charge in [-0.2, -0.15) is 5.10 Å². The highest BCUT2D eigenvalue weighted by molar-refractivity contribution is 9.10. The van der Waals surface area contributed by atoms with E-state index >= 15 is 0 Å². The van der Waals surface area contributed by atoms with Crippen LogP contribution in [0.4, 0.5) is 0 Å². The van der Waals surface area contributed by atoms with Crippen molar-refractivity contribution in [3.05, 3.63) is 52.9 Å². The summed E-state index contributed by atoms with van der Waals surface area (Å²) in [4.78, 5) is 23.4. The van der Waals surface area contributed by atoms with E-state index in [-0.39, 0.29) is 18.9 Å². The first kappa shape index (κ1) is 18.7. The first-order valence-electron chi connectivity index (χ1n) is 7.52. The van der Waals surface area contributed by atoms with Gasteiger partial charge in [0.1, 0.15) is 11.5 Å². The van der Waals surface area contributed by atoms with Crippen LogP contribution in [0.25, 0.3) is 0 Å². The first-order valence-corrected chi connectivity index (χ1v) is 8.31. The van der Waals surface area contributed by atoms with Gasteiger partial charge in [-0.3, -0.25) is 9.59 Å². The van der Waals surface area contributed by atoms with E-state index in [1.165, 1.54) is 0 Å². The molecule has 2 amide bonds. The lowest BCUT2D eigenvalue weighted by Gasteiger charge is -2.06. The molecule has 0 bridgehead atoms. The molecule has 0 aliphatic heterocycles. The highest BCUT2D eigenvalue weighted by atomic mass is 79.9. The number of hydrazone groups is 1. The lowest BCUT2D eigenvalue weighted by Crippen LogP contribution is -2.28. The fraction of sp³-hybridized carbons (Fsp3) is 0.235. The molecule has 2 rings (SSSR count). The van der Waals surface area contributed by atoms with Gasteiger partial charge in [0.15, 0.2) is 6.61 Å². The minimum atomic E-state index is -0.404. The number of rotatable bonds is 8. The quantitative estimate of drug-likeness (QED) is 0.519. The van der Waals surface area contributed by atoms with Crippen LogP contribution in [-0.4, -0.2) is 24.1 Å².